The summed E-state index contributed by atoms with van der Waals surface area (Å²) in [5.74, 6) is -0.472. The molecule has 0 aliphatic heterocycles. The van der Waals surface area contributed by atoms with Crippen LogP contribution >= 0.6 is 11.6 Å². The third-order valence-corrected chi connectivity index (χ3v) is 4.17. The Hall–Kier alpha value is -3.06. The van der Waals surface area contributed by atoms with E-state index in [4.69, 9.17) is 11.6 Å². The highest BCUT2D eigenvalue weighted by Gasteiger charge is 2.30. The zero-order valence-corrected chi connectivity index (χ0v) is 15.1. The molecule has 0 bridgehead atoms. The Morgan fingerprint density at radius 2 is 1.79 bits per heavy atom. The number of rotatable bonds is 4. The number of benzene rings is 2. The van der Waals surface area contributed by atoms with Gasteiger partial charge in [-0.05, 0) is 42.0 Å². The minimum absolute atomic E-state index is 0.0962. The van der Waals surface area contributed by atoms with Gasteiger partial charge in [-0.15, -0.1) is 0 Å². The maximum absolute atomic E-state index is 12.9. The fourth-order valence-electron chi connectivity index (χ4n) is 2.60. The van der Waals surface area contributed by atoms with E-state index in [0.29, 0.717) is 16.3 Å². The molecule has 0 aliphatic carbocycles. The van der Waals surface area contributed by atoms with E-state index in [0.717, 1.165) is 12.1 Å². The normalized spacial score (nSPS) is 11.3. The van der Waals surface area contributed by atoms with E-state index in [2.05, 4.69) is 5.32 Å². The van der Waals surface area contributed by atoms with Crippen molar-refractivity contribution in [3.05, 3.63) is 98.9 Å². The molecule has 144 valence electrons. The lowest BCUT2D eigenvalue weighted by atomic mass is 10.1. The van der Waals surface area contributed by atoms with Gasteiger partial charge < -0.3 is 9.88 Å². The van der Waals surface area contributed by atoms with Gasteiger partial charge in [-0.2, -0.15) is 13.2 Å². The van der Waals surface area contributed by atoms with Crippen molar-refractivity contribution in [1.29, 1.82) is 0 Å². The highest BCUT2D eigenvalue weighted by Crippen LogP contribution is 2.29. The van der Waals surface area contributed by atoms with Gasteiger partial charge in [0.15, 0.2) is 0 Å². The number of hydrogen-bond donors (Lipinski definition) is 1. The molecule has 4 nitrogen and oxygen atoms in total. The van der Waals surface area contributed by atoms with E-state index >= 15 is 0 Å². The van der Waals surface area contributed by atoms with Crippen molar-refractivity contribution in [2.45, 2.75) is 12.7 Å². The molecule has 3 aromatic rings. The summed E-state index contributed by atoms with van der Waals surface area (Å²) < 4.78 is 39.8. The first-order chi connectivity index (χ1) is 13.2. The second kappa shape index (κ2) is 7.90. The van der Waals surface area contributed by atoms with Crippen LogP contribution in [0.25, 0.3) is 0 Å². The van der Waals surface area contributed by atoms with Gasteiger partial charge >= 0.3 is 6.18 Å². The molecular formula is C20H14ClF3N2O2. The smallest absolute Gasteiger partial charge is 0.322 e. The topological polar surface area (TPSA) is 51.1 Å². The molecule has 0 aliphatic rings. The summed E-state index contributed by atoms with van der Waals surface area (Å²) in [5, 5.41) is 3.10. The van der Waals surface area contributed by atoms with Crippen molar-refractivity contribution in [3.63, 3.8) is 0 Å². The van der Waals surface area contributed by atoms with Crippen LogP contribution in [0.15, 0.2) is 71.7 Å². The largest absolute Gasteiger partial charge is 0.416 e. The number of nitrogens with one attached hydrogen (secondary N) is 1. The van der Waals surface area contributed by atoms with Crippen LogP contribution in [0.3, 0.4) is 0 Å². The second-order valence-corrected chi connectivity index (χ2v) is 6.48. The van der Waals surface area contributed by atoms with Gasteiger partial charge in [-0.25, -0.2) is 0 Å². The number of amides is 1. The summed E-state index contributed by atoms with van der Waals surface area (Å²) in [7, 11) is 0. The SMILES string of the molecule is O=C(Nc1cccc(Cl)c1)c1ccc(=O)n(Cc2cccc(C(F)(F)F)c2)c1. The van der Waals surface area contributed by atoms with Crippen molar-refractivity contribution >= 4 is 23.2 Å². The van der Waals surface area contributed by atoms with Gasteiger partial charge in [-0.3, -0.25) is 9.59 Å². The lowest BCUT2D eigenvalue weighted by Gasteiger charge is -2.11. The van der Waals surface area contributed by atoms with E-state index in [-0.39, 0.29) is 12.1 Å². The van der Waals surface area contributed by atoms with Gasteiger partial charge in [-0.1, -0.05) is 29.8 Å². The fourth-order valence-corrected chi connectivity index (χ4v) is 2.79. The van der Waals surface area contributed by atoms with Gasteiger partial charge in [0.25, 0.3) is 11.5 Å². The fraction of sp³-hybridized carbons (Fsp3) is 0.100. The number of alkyl halides is 3. The molecule has 28 heavy (non-hydrogen) atoms. The van der Waals surface area contributed by atoms with E-state index in [1.54, 1.807) is 24.3 Å². The molecule has 0 fully saturated rings. The Balaban J connectivity index is 1.84. The summed E-state index contributed by atoms with van der Waals surface area (Å²) in [6.07, 6.45) is -3.16. The quantitative estimate of drug-likeness (QED) is 0.675. The lowest BCUT2D eigenvalue weighted by molar-refractivity contribution is -0.137. The Kier molecular flexibility index (Phi) is 5.56. The molecule has 0 atom stereocenters. The number of pyridine rings is 1. The van der Waals surface area contributed by atoms with Crippen LogP contribution in [-0.4, -0.2) is 10.5 Å². The number of halogens is 4. The Morgan fingerprint density at radius 3 is 2.50 bits per heavy atom. The average Bonchev–Trinajstić information content (AvgIpc) is 2.63. The van der Waals surface area contributed by atoms with Crippen molar-refractivity contribution in [3.8, 4) is 0 Å². The van der Waals surface area contributed by atoms with Crippen molar-refractivity contribution in [2.75, 3.05) is 5.32 Å². The monoisotopic (exact) mass is 406 g/mol. The van der Waals surface area contributed by atoms with Gasteiger partial charge in [0.2, 0.25) is 0 Å². The number of hydrogen-bond acceptors (Lipinski definition) is 2. The molecule has 0 unspecified atom stereocenters. The molecule has 0 saturated carbocycles. The molecule has 0 spiro atoms. The third kappa shape index (κ3) is 4.80. The van der Waals surface area contributed by atoms with Crippen LogP contribution in [0.2, 0.25) is 5.02 Å². The minimum atomic E-state index is -4.47. The standard InChI is InChI=1S/C20H14ClF3N2O2/c21-16-5-2-6-17(10-16)25-19(28)14-7-8-18(27)26(12-14)11-13-3-1-4-15(9-13)20(22,23)24/h1-10,12H,11H2,(H,25,28). The van der Waals surface area contributed by atoms with Crippen LogP contribution in [0.4, 0.5) is 18.9 Å². The van der Waals surface area contributed by atoms with E-state index in [1.165, 1.54) is 35.0 Å². The molecule has 0 radical (unpaired) electrons. The molecular weight excluding hydrogens is 393 g/mol. The summed E-state index contributed by atoms with van der Waals surface area (Å²) in [5.41, 5.74) is -0.270. The lowest BCUT2D eigenvalue weighted by Crippen LogP contribution is -2.22. The third-order valence-electron chi connectivity index (χ3n) is 3.94. The first-order valence-corrected chi connectivity index (χ1v) is 8.54. The Bertz CT molecular complexity index is 1080. The first-order valence-electron chi connectivity index (χ1n) is 8.16. The minimum Gasteiger partial charge on any atom is -0.322 e. The van der Waals surface area contributed by atoms with E-state index in [1.807, 2.05) is 0 Å². The molecule has 0 saturated heterocycles. The van der Waals surface area contributed by atoms with Crippen LogP contribution in [0.5, 0.6) is 0 Å². The second-order valence-electron chi connectivity index (χ2n) is 6.05. The van der Waals surface area contributed by atoms with Gasteiger partial charge in [0.05, 0.1) is 17.7 Å². The molecule has 2 aromatic carbocycles. The summed E-state index contributed by atoms with van der Waals surface area (Å²) in [6, 6.07) is 13.8. The van der Waals surface area contributed by atoms with Crippen molar-refractivity contribution in [2.24, 2.45) is 0 Å². The van der Waals surface area contributed by atoms with Crippen molar-refractivity contribution < 1.29 is 18.0 Å². The number of carbonyl (C=O) groups excluding carboxylic acids is 1. The summed E-state index contributed by atoms with van der Waals surface area (Å²) in [6.45, 7) is -0.0962. The first kappa shape index (κ1) is 19.7. The predicted octanol–water partition coefficient (Wildman–Crippen LogP) is 4.82. The molecule has 8 heteroatoms. The Labute approximate surface area is 163 Å². The van der Waals surface area contributed by atoms with Crippen LogP contribution in [0.1, 0.15) is 21.5 Å². The molecule has 1 heterocycles. The van der Waals surface area contributed by atoms with Crippen LogP contribution in [0, 0.1) is 0 Å². The number of nitrogens with zero attached hydrogens (tertiary/aromatic N) is 1. The molecule has 1 N–H and O–H groups in total. The highest BCUT2D eigenvalue weighted by molar-refractivity contribution is 6.30. The average molecular weight is 407 g/mol. The molecule has 1 amide bonds. The Morgan fingerprint density at radius 1 is 1.04 bits per heavy atom. The van der Waals surface area contributed by atoms with Crippen molar-refractivity contribution in [1.82, 2.24) is 4.57 Å². The maximum atomic E-state index is 12.9. The van der Waals surface area contributed by atoms with Gasteiger partial charge in [0.1, 0.15) is 0 Å². The number of carbonyl (C=O) groups is 1. The maximum Gasteiger partial charge on any atom is 0.416 e. The van der Waals surface area contributed by atoms with E-state index < -0.39 is 23.2 Å². The highest BCUT2D eigenvalue weighted by atomic mass is 35.5. The van der Waals surface area contributed by atoms with Gasteiger partial charge in [0, 0.05) is 23.0 Å². The zero-order valence-electron chi connectivity index (χ0n) is 14.3. The van der Waals surface area contributed by atoms with Crippen LogP contribution in [-0.2, 0) is 12.7 Å². The molecule has 1 aromatic heterocycles. The zero-order chi connectivity index (χ0) is 20.3. The van der Waals surface area contributed by atoms with Crippen LogP contribution < -0.4 is 10.9 Å². The molecule has 3 rings (SSSR count). The predicted molar refractivity (Wildman–Crippen MR) is 101 cm³/mol. The summed E-state index contributed by atoms with van der Waals surface area (Å²) in [4.78, 5) is 24.5. The summed E-state index contributed by atoms with van der Waals surface area (Å²) >= 11 is 5.88. The van der Waals surface area contributed by atoms with E-state index in [9.17, 15) is 22.8 Å². The number of anilines is 1. The number of aromatic nitrogens is 1.